The van der Waals surface area contributed by atoms with Gasteiger partial charge in [0, 0.05) is 39.3 Å². The van der Waals surface area contributed by atoms with Gasteiger partial charge in [-0.25, -0.2) is 13.2 Å². The van der Waals surface area contributed by atoms with E-state index in [2.05, 4.69) is 4.90 Å². The zero-order chi connectivity index (χ0) is 23.1. The third-order valence-corrected chi connectivity index (χ3v) is 8.31. The minimum atomic E-state index is -3.72. The van der Waals surface area contributed by atoms with E-state index in [-0.39, 0.29) is 23.0 Å². The van der Waals surface area contributed by atoms with E-state index in [1.54, 1.807) is 30.9 Å². The number of esters is 1. The second-order valence-electron chi connectivity index (χ2n) is 8.33. The fraction of sp³-hybridized carbons (Fsp3) is 0.652. The molecule has 0 saturated carbocycles. The Morgan fingerprint density at radius 1 is 0.938 bits per heavy atom. The smallest absolute Gasteiger partial charge is 0.340 e. The van der Waals surface area contributed by atoms with Gasteiger partial charge < -0.3 is 14.5 Å². The van der Waals surface area contributed by atoms with Crippen molar-refractivity contribution in [3.8, 4) is 0 Å². The summed E-state index contributed by atoms with van der Waals surface area (Å²) in [6, 6.07) is 4.65. The van der Waals surface area contributed by atoms with Gasteiger partial charge in [-0.2, -0.15) is 4.31 Å². The molecule has 1 amide bonds. The number of sulfonamides is 1. The van der Waals surface area contributed by atoms with Crippen molar-refractivity contribution >= 4 is 27.6 Å². The molecule has 0 unspecified atom stereocenters. The van der Waals surface area contributed by atoms with E-state index in [0.717, 1.165) is 51.6 Å². The van der Waals surface area contributed by atoms with Crippen LogP contribution in [-0.4, -0.2) is 75.4 Å². The van der Waals surface area contributed by atoms with Gasteiger partial charge in [-0.15, -0.1) is 0 Å². The SMILES string of the molecule is CCN(CC)S(=O)(=O)c1ccc(N2CCCC2)c(C(=O)OCC(=O)N2CCCCCC2)c1. The number of nitrogens with zero attached hydrogens (tertiary/aromatic N) is 3. The van der Waals surface area contributed by atoms with E-state index in [0.29, 0.717) is 31.9 Å². The first-order valence-corrected chi connectivity index (χ1v) is 13.2. The topological polar surface area (TPSA) is 87.2 Å². The molecule has 9 heteroatoms. The predicted octanol–water partition coefficient (Wildman–Crippen LogP) is 2.88. The maximum Gasteiger partial charge on any atom is 0.340 e. The first-order chi connectivity index (χ1) is 15.4. The fourth-order valence-corrected chi connectivity index (χ4v) is 5.89. The van der Waals surface area contributed by atoms with Gasteiger partial charge in [0.25, 0.3) is 5.91 Å². The fourth-order valence-electron chi connectivity index (χ4n) is 4.40. The molecule has 8 nitrogen and oxygen atoms in total. The van der Waals surface area contributed by atoms with Crippen molar-refractivity contribution in [3.63, 3.8) is 0 Å². The molecule has 0 aliphatic carbocycles. The molecule has 2 saturated heterocycles. The first-order valence-electron chi connectivity index (χ1n) is 11.7. The minimum Gasteiger partial charge on any atom is -0.452 e. The highest BCUT2D eigenvalue weighted by Gasteiger charge is 2.27. The highest BCUT2D eigenvalue weighted by atomic mass is 32.2. The van der Waals surface area contributed by atoms with Crippen molar-refractivity contribution in [3.05, 3.63) is 23.8 Å². The zero-order valence-corrected chi connectivity index (χ0v) is 20.0. The van der Waals surface area contributed by atoms with Crippen molar-refractivity contribution in [1.29, 1.82) is 0 Å². The maximum atomic E-state index is 13.0. The summed E-state index contributed by atoms with van der Waals surface area (Å²) in [6.45, 7) is 6.90. The van der Waals surface area contributed by atoms with E-state index in [1.165, 1.54) is 10.4 Å². The molecule has 2 fully saturated rings. The van der Waals surface area contributed by atoms with Gasteiger partial charge in [0.05, 0.1) is 16.1 Å². The lowest BCUT2D eigenvalue weighted by atomic mass is 10.1. The Morgan fingerprint density at radius 2 is 1.53 bits per heavy atom. The minimum absolute atomic E-state index is 0.0648. The summed E-state index contributed by atoms with van der Waals surface area (Å²) in [6.07, 6.45) is 6.17. The van der Waals surface area contributed by atoms with Gasteiger partial charge in [0.1, 0.15) is 0 Å². The number of benzene rings is 1. The Balaban J connectivity index is 1.83. The molecule has 0 atom stereocenters. The number of anilines is 1. The average molecular weight is 466 g/mol. The number of carbonyl (C=O) groups excluding carboxylic acids is 2. The van der Waals surface area contributed by atoms with Gasteiger partial charge in [0.2, 0.25) is 10.0 Å². The van der Waals surface area contributed by atoms with Crippen molar-refractivity contribution in [1.82, 2.24) is 9.21 Å². The number of rotatable bonds is 8. The van der Waals surface area contributed by atoms with Crippen molar-refractivity contribution in [2.75, 3.05) is 50.8 Å². The van der Waals surface area contributed by atoms with Crippen LogP contribution in [0, 0.1) is 0 Å². The summed E-state index contributed by atoms with van der Waals surface area (Å²) < 4.78 is 32.8. The van der Waals surface area contributed by atoms with Crippen LogP contribution < -0.4 is 4.90 Å². The van der Waals surface area contributed by atoms with Crippen molar-refractivity contribution < 1.29 is 22.7 Å². The molecule has 178 valence electrons. The third-order valence-electron chi connectivity index (χ3n) is 6.26. The Hall–Kier alpha value is -2.13. The highest BCUT2D eigenvalue weighted by Crippen LogP contribution is 2.29. The lowest BCUT2D eigenvalue weighted by Gasteiger charge is -2.24. The second-order valence-corrected chi connectivity index (χ2v) is 10.3. The summed E-state index contributed by atoms with van der Waals surface area (Å²) in [7, 11) is -3.72. The average Bonchev–Trinajstić information content (AvgIpc) is 3.19. The summed E-state index contributed by atoms with van der Waals surface area (Å²) in [4.78, 5) is 29.5. The standard InChI is InChI=1S/C23H35N3O5S/c1-3-26(4-2)32(29,30)19-11-12-21(24-13-9-10-14-24)20(17-19)23(28)31-18-22(27)25-15-7-5-6-8-16-25/h11-12,17H,3-10,13-16,18H2,1-2H3. The lowest BCUT2D eigenvalue weighted by molar-refractivity contribution is -0.134. The molecule has 2 aliphatic rings. The molecule has 32 heavy (non-hydrogen) atoms. The van der Waals surface area contributed by atoms with Crippen LogP contribution in [-0.2, 0) is 19.6 Å². The lowest BCUT2D eigenvalue weighted by Crippen LogP contribution is -2.35. The number of ether oxygens (including phenoxy) is 1. The quantitative estimate of drug-likeness (QED) is 0.549. The number of hydrogen-bond acceptors (Lipinski definition) is 6. The molecule has 1 aromatic rings. The van der Waals surface area contributed by atoms with Crippen LogP contribution in [0.4, 0.5) is 5.69 Å². The summed E-state index contributed by atoms with van der Waals surface area (Å²) >= 11 is 0. The number of likely N-dealkylation sites (tertiary alicyclic amines) is 1. The Morgan fingerprint density at radius 3 is 2.12 bits per heavy atom. The molecule has 0 spiro atoms. The molecule has 0 aromatic heterocycles. The molecule has 0 N–H and O–H groups in total. The molecular weight excluding hydrogens is 430 g/mol. The van der Waals surface area contributed by atoms with E-state index < -0.39 is 16.0 Å². The van der Waals surface area contributed by atoms with Crippen LogP contribution in [0.1, 0.15) is 62.7 Å². The van der Waals surface area contributed by atoms with E-state index in [4.69, 9.17) is 4.74 Å². The molecule has 0 bridgehead atoms. The third kappa shape index (κ3) is 5.61. The number of carbonyl (C=O) groups is 2. The molecule has 2 heterocycles. The van der Waals surface area contributed by atoms with Crippen LogP contribution in [0.15, 0.2) is 23.1 Å². The molecule has 2 aliphatic heterocycles. The summed E-state index contributed by atoms with van der Waals surface area (Å²) in [5, 5.41) is 0. The van der Waals surface area contributed by atoms with E-state index >= 15 is 0 Å². The van der Waals surface area contributed by atoms with Gasteiger partial charge in [0.15, 0.2) is 6.61 Å². The number of amides is 1. The van der Waals surface area contributed by atoms with Crippen LogP contribution in [0.3, 0.4) is 0 Å². The Bertz CT molecular complexity index is 900. The van der Waals surface area contributed by atoms with E-state index in [1.807, 2.05) is 0 Å². The van der Waals surface area contributed by atoms with Crippen LogP contribution >= 0.6 is 0 Å². The van der Waals surface area contributed by atoms with E-state index in [9.17, 15) is 18.0 Å². The summed E-state index contributed by atoms with van der Waals surface area (Å²) in [5.41, 5.74) is 0.858. The van der Waals surface area contributed by atoms with Crippen LogP contribution in [0.25, 0.3) is 0 Å². The van der Waals surface area contributed by atoms with Crippen LogP contribution in [0.2, 0.25) is 0 Å². The summed E-state index contributed by atoms with van der Waals surface area (Å²) in [5.74, 6) is -0.860. The second kappa shape index (κ2) is 11.1. The van der Waals surface area contributed by atoms with Gasteiger partial charge >= 0.3 is 5.97 Å². The molecule has 0 radical (unpaired) electrons. The molecular formula is C23H35N3O5S. The van der Waals surface area contributed by atoms with Gasteiger partial charge in [-0.05, 0) is 43.9 Å². The van der Waals surface area contributed by atoms with Crippen LogP contribution in [0.5, 0.6) is 0 Å². The number of hydrogen-bond donors (Lipinski definition) is 0. The monoisotopic (exact) mass is 465 g/mol. The largest absolute Gasteiger partial charge is 0.452 e. The first kappa shape index (κ1) is 24.5. The molecule has 3 rings (SSSR count). The van der Waals surface area contributed by atoms with Gasteiger partial charge in [-0.1, -0.05) is 26.7 Å². The molecule has 1 aromatic carbocycles. The highest BCUT2D eigenvalue weighted by molar-refractivity contribution is 7.89. The maximum absolute atomic E-state index is 13.0. The van der Waals surface area contributed by atoms with Gasteiger partial charge in [-0.3, -0.25) is 4.79 Å². The van der Waals surface area contributed by atoms with Crippen molar-refractivity contribution in [2.24, 2.45) is 0 Å². The van der Waals surface area contributed by atoms with Crippen molar-refractivity contribution in [2.45, 2.75) is 57.3 Å². The Labute approximate surface area is 191 Å². The zero-order valence-electron chi connectivity index (χ0n) is 19.2. The normalized spacial score (nSPS) is 17.5. The Kier molecular flexibility index (Phi) is 8.53. The predicted molar refractivity (Wildman–Crippen MR) is 123 cm³/mol.